The molecule has 0 saturated heterocycles. The Balaban J connectivity index is 2.28. The number of hydrogen-bond acceptors (Lipinski definition) is 2. The summed E-state index contributed by atoms with van der Waals surface area (Å²) < 4.78 is 1.64. The van der Waals surface area contributed by atoms with Crippen LogP contribution in [0.15, 0.2) is 36.5 Å². The topological polar surface area (TPSA) is 30.7 Å². The molecular formula is C12H6Cl3N3. The van der Waals surface area contributed by atoms with Gasteiger partial charge in [0, 0.05) is 10.4 Å². The van der Waals surface area contributed by atoms with Crippen LogP contribution in [0, 0.1) is 0 Å². The highest BCUT2D eigenvalue weighted by molar-refractivity contribution is 6.35. The molecule has 1 aromatic carbocycles. The molecule has 3 rings (SSSR count). The van der Waals surface area contributed by atoms with Crippen LogP contribution in [0.5, 0.6) is 0 Å². The van der Waals surface area contributed by atoms with Crippen molar-refractivity contribution in [1.29, 1.82) is 0 Å². The summed E-state index contributed by atoms with van der Waals surface area (Å²) in [5.74, 6) is 0. The molecule has 2 heterocycles. The molecule has 0 unspecified atom stereocenters. The molecule has 0 fully saturated rings. The molecule has 0 aliphatic rings. The summed E-state index contributed by atoms with van der Waals surface area (Å²) in [6.45, 7) is 0. The Morgan fingerprint density at radius 2 is 1.83 bits per heavy atom. The maximum Gasteiger partial charge on any atom is 0.164 e. The van der Waals surface area contributed by atoms with Crippen LogP contribution < -0.4 is 0 Å². The highest BCUT2D eigenvalue weighted by atomic mass is 35.5. The molecule has 0 radical (unpaired) electrons. The summed E-state index contributed by atoms with van der Waals surface area (Å²) in [5, 5.41) is 6.65. The molecule has 0 atom stereocenters. The minimum atomic E-state index is 0.411. The fourth-order valence-corrected chi connectivity index (χ4v) is 2.34. The fraction of sp³-hybridized carbons (Fsp3) is 0. The normalized spacial score (nSPS) is 11.1. The molecule has 3 aromatic rings. The van der Waals surface area contributed by atoms with Gasteiger partial charge in [-0.05, 0) is 30.3 Å². The molecule has 0 aliphatic carbocycles. The number of fused-ring (bicyclic) bond motifs is 1. The Hall–Kier alpha value is -1.29. The van der Waals surface area contributed by atoms with Crippen molar-refractivity contribution in [3.8, 4) is 5.69 Å². The zero-order valence-electron chi connectivity index (χ0n) is 8.94. The lowest BCUT2D eigenvalue weighted by Crippen LogP contribution is -1.98. The van der Waals surface area contributed by atoms with Crippen molar-refractivity contribution in [2.75, 3.05) is 0 Å². The summed E-state index contributed by atoms with van der Waals surface area (Å²) in [7, 11) is 0. The van der Waals surface area contributed by atoms with Crippen molar-refractivity contribution in [1.82, 2.24) is 14.8 Å². The second-order valence-corrected chi connectivity index (χ2v) is 4.93. The van der Waals surface area contributed by atoms with Crippen molar-refractivity contribution in [3.63, 3.8) is 0 Å². The lowest BCUT2D eigenvalue weighted by molar-refractivity contribution is 0.897. The van der Waals surface area contributed by atoms with Gasteiger partial charge in [0.2, 0.25) is 0 Å². The molecule has 0 saturated carbocycles. The summed E-state index contributed by atoms with van der Waals surface area (Å²) >= 11 is 17.9. The number of pyridine rings is 1. The van der Waals surface area contributed by atoms with E-state index in [0.717, 1.165) is 5.39 Å². The van der Waals surface area contributed by atoms with Crippen LogP contribution in [0.25, 0.3) is 16.7 Å². The van der Waals surface area contributed by atoms with E-state index in [9.17, 15) is 0 Å². The van der Waals surface area contributed by atoms with Crippen LogP contribution in [-0.4, -0.2) is 14.8 Å². The van der Waals surface area contributed by atoms with E-state index < -0.39 is 0 Å². The van der Waals surface area contributed by atoms with Crippen molar-refractivity contribution in [2.45, 2.75) is 0 Å². The molecule has 3 nitrogen and oxygen atoms in total. The average molecular weight is 299 g/mol. The predicted octanol–water partition coefficient (Wildman–Crippen LogP) is 4.38. The van der Waals surface area contributed by atoms with Gasteiger partial charge in [-0.15, -0.1) is 0 Å². The number of benzene rings is 1. The lowest BCUT2D eigenvalue weighted by Gasteiger charge is -2.05. The van der Waals surface area contributed by atoms with Crippen LogP contribution in [-0.2, 0) is 0 Å². The first-order valence-electron chi connectivity index (χ1n) is 5.11. The van der Waals surface area contributed by atoms with Crippen molar-refractivity contribution in [2.24, 2.45) is 0 Å². The van der Waals surface area contributed by atoms with E-state index in [1.165, 1.54) is 0 Å². The maximum atomic E-state index is 6.16. The van der Waals surface area contributed by atoms with E-state index in [1.54, 1.807) is 35.1 Å². The van der Waals surface area contributed by atoms with E-state index in [1.807, 2.05) is 6.07 Å². The molecule has 0 bridgehead atoms. The van der Waals surface area contributed by atoms with Gasteiger partial charge in [0.1, 0.15) is 5.15 Å². The second kappa shape index (κ2) is 4.43. The Morgan fingerprint density at radius 1 is 1.00 bits per heavy atom. The molecule has 2 aromatic heterocycles. The van der Waals surface area contributed by atoms with E-state index in [-0.39, 0.29) is 0 Å². The van der Waals surface area contributed by atoms with Gasteiger partial charge < -0.3 is 0 Å². The number of nitrogens with zero attached hydrogens (tertiary/aromatic N) is 3. The van der Waals surface area contributed by atoms with Crippen LogP contribution in [0.3, 0.4) is 0 Å². The third kappa shape index (κ3) is 1.94. The molecule has 6 heteroatoms. The summed E-state index contributed by atoms with van der Waals surface area (Å²) in [4.78, 5) is 4.25. The standard InChI is InChI=1S/C12H6Cl3N3/c13-8-2-3-10(9(14)5-8)18-12-7(6-16-18)1-4-11(15)17-12/h1-6H. The molecular weight excluding hydrogens is 293 g/mol. The Kier molecular flexibility index (Phi) is 2.90. The van der Waals surface area contributed by atoms with Gasteiger partial charge in [-0.3, -0.25) is 0 Å². The van der Waals surface area contributed by atoms with Gasteiger partial charge >= 0.3 is 0 Å². The minimum absolute atomic E-state index is 0.411. The summed E-state index contributed by atoms with van der Waals surface area (Å²) in [6.07, 6.45) is 1.71. The first kappa shape index (κ1) is 11.8. The van der Waals surface area contributed by atoms with Gasteiger partial charge in [-0.25, -0.2) is 9.67 Å². The van der Waals surface area contributed by atoms with Gasteiger partial charge in [0.25, 0.3) is 0 Å². The van der Waals surface area contributed by atoms with Crippen LogP contribution in [0.1, 0.15) is 0 Å². The number of halogens is 3. The van der Waals surface area contributed by atoms with Gasteiger partial charge in [0.15, 0.2) is 5.65 Å². The van der Waals surface area contributed by atoms with Crippen LogP contribution in [0.4, 0.5) is 0 Å². The molecule has 18 heavy (non-hydrogen) atoms. The second-order valence-electron chi connectivity index (χ2n) is 3.70. The van der Waals surface area contributed by atoms with Gasteiger partial charge in [-0.1, -0.05) is 34.8 Å². The fourth-order valence-electron chi connectivity index (χ4n) is 1.71. The average Bonchev–Trinajstić information content (AvgIpc) is 2.72. The quantitative estimate of drug-likeness (QED) is 0.624. The summed E-state index contributed by atoms with van der Waals surface area (Å²) in [5.41, 5.74) is 1.37. The maximum absolute atomic E-state index is 6.16. The third-order valence-corrected chi connectivity index (χ3v) is 3.27. The van der Waals surface area contributed by atoms with Crippen LogP contribution >= 0.6 is 34.8 Å². The number of rotatable bonds is 1. The van der Waals surface area contributed by atoms with Crippen molar-refractivity contribution in [3.05, 3.63) is 51.7 Å². The smallest absolute Gasteiger partial charge is 0.164 e. The van der Waals surface area contributed by atoms with Gasteiger partial charge in [-0.2, -0.15) is 5.10 Å². The highest BCUT2D eigenvalue weighted by Gasteiger charge is 2.10. The van der Waals surface area contributed by atoms with Gasteiger partial charge in [0.05, 0.1) is 16.9 Å². The zero-order valence-corrected chi connectivity index (χ0v) is 11.2. The molecule has 0 amide bonds. The SMILES string of the molecule is Clc1ccc(-n2ncc3ccc(Cl)nc32)c(Cl)c1. The summed E-state index contributed by atoms with van der Waals surface area (Å²) in [6, 6.07) is 8.79. The van der Waals surface area contributed by atoms with Crippen molar-refractivity contribution < 1.29 is 0 Å². The van der Waals surface area contributed by atoms with E-state index in [2.05, 4.69) is 10.1 Å². The van der Waals surface area contributed by atoms with Crippen LogP contribution in [0.2, 0.25) is 15.2 Å². The number of hydrogen-bond donors (Lipinski definition) is 0. The molecule has 0 aliphatic heterocycles. The van der Waals surface area contributed by atoms with Crippen molar-refractivity contribution >= 4 is 45.8 Å². The lowest BCUT2D eigenvalue weighted by atomic mass is 10.3. The van der Waals surface area contributed by atoms with E-state index in [4.69, 9.17) is 34.8 Å². The Bertz CT molecular complexity index is 737. The number of aromatic nitrogens is 3. The largest absolute Gasteiger partial charge is 0.216 e. The molecule has 0 N–H and O–H groups in total. The highest BCUT2D eigenvalue weighted by Crippen LogP contribution is 2.26. The monoisotopic (exact) mass is 297 g/mol. The Morgan fingerprint density at radius 3 is 2.61 bits per heavy atom. The zero-order chi connectivity index (χ0) is 12.7. The first-order valence-corrected chi connectivity index (χ1v) is 6.24. The van der Waals surface area contributed by atoms with E-state index in [0.29, 0.717) is 26.5 Å². The minimum Gasteiger partial charge on any atom is -0.216 e. The first-order chi connectivity index (χ1) is 8.65. The van der Waals surface area contributed by atoms with E-state index >= 15 is 0 Å². The third-order valence-electron chi connectivity index (χ3n) is 2.52. The molecule has 0 spiro atoms. The Labute approximate surface area is 118 Å². The predicted molar refractivity (Wildman–Crippen MR) is 73.9 cm³/mol. The molecule has 90 valence electrons.